The number of nitrogens with zero attached hydrogens (tertiary/aromatic N) is 1. The highest BCUT2D eigenvalue weighted by atomic mass is 32.2. The van der Waals surface area contributed by atoms with Crippen LogP contribution in [0.25, 0.3) is 0 Å². The van der Waals surface area contributed by atoms with E-state index in [4.69, 9.17) is 5.73 Å². The van der Waals surface area contributed by atoms with E-state index in [1.54, 1.807) is 6.92 Å². The first-order chi connectivity index (χ1) is 10.0. The first-order valence-electron chi connectivity index (χ1n) is 6.67. The molecule has 1 aromatic carbocycles. The van der Waals surface area contributed by atoms with Crippen LogP contribution >= 0.6 is 0 Å². The van der Waals surface area contributed by atoms with Crippen molar-refractivity contribution in [3.8, 4) is 0 Å². The minimum atomic E-state index is -3.98. The Morgan fingerprint density at radius 2 is 1.91 bits per heavy atom. The van der Waals surface area contributed by atoms with E-state index < -0.39 is 31.8 Å². The van der Waals surface area contributed by atoms with Crippen LogP contribution in [-0.2, 0) is 24.7 Å². The number of sulfonamides is 1. The summed E-state index contributed by atoms with van der Waals surface area (Å²) in [4.78, 5) is 11.2. The lowest BCUT2D eigenvalue weighted by molar-refractivity contribution is -0.121. The Balaban J connectivity index is 2.57. The van der Waals surface area contributed by atoms with Crippen LogP contribution < -0.4 is 5.73 Å². The van der Waals surface area contributed by atoms with Gasteiger partial charge < -0.3 is 5.73 Å². The van der Waals surface area contributed by atoms with Crippen molar-refractivity contribution < 1.29 is 21.6 Å². The van der Waals surface area contributed by atoms with E-state index in [0.717, 1.165) is 16.6 Å². The molecule has 122 valence electrons. The van der Waals surface area contributed by atoms with Crippen LogP contribution in [0.3, 0.4) is 0 Å². The summed E-state index contributed by atoms with van der Waals surface area (Å²) < 4.78 is 49.9. The molecule has 0 spiro atoms. The van der Waals surface area contributed by atoms with Crippen molar-refractivity contribution in [2.24, 2.45) is 5.73 Å². The largest absolute Gasteiger partial charge is 0.368 e. The fourth-order valence-corrected chi connectivity index (χ4v) is 5.17. The van der Waals surface area contributed by atoms with Gasteiger partial charge >= 0.3 is 0 Å². The van der Waals surface area contributed by atoms with E-state index in [-0.39, 0.29) is 16.3 Å². The number of primary amides is 1. The van der Waals surface area contributed by atoms with Crippen molar-refractivity contribution >= 4 is 25.8 Å². The lowest BCUT2D eigenvalue weighted by atomic mass is 10.2. The zero-order valence-corrected chi connectivity index (χ0v) is 13.9. The second kappa shape index (κ2) is 5.64. The molecule has 2 rings (SSSR count). The summed E-state index contributed by atoms with van der Waals surface area (Å²) in [5.41, 5.74) is 5.68. The third kappa shape index (κ3) is 3.01. The molecule has 2 N–H and O–H groups in total. The molecule has 1 atom stereocenters. The zero-order valence-electron chi connectivity index (χ0n) is 12.3. The number of benzene rings is 1. The van der Waals surface area contributed by atoms with Crippen LogP contribution in [0.4, 0.5) is 0 Å². The standard InChI is InChI=1S/C13H18N2O5S2/c1-9-5-6-10(21(2,17)18)8-12(9)22(19,20)15-7-3-4-11(15)13(14)16/h5-6,8,11H,3-4,7H2,1-2H3,(H2,14,16). The van der Waals surface area contributed by atoms with E-state index in [1.807, 2.05) is 0 Å². The van der Waals surface area contributed by atoms with Gasteiger partial charge in [0.15, 0.2) is 9.84 Å². The van der Waals surface area contributed by atoms with Gasteiger partial charge in [-0.15, -0.1) is 0 Å². The van der Waals surface area contributed by atoms with Crippen LogP contribution in [0, 0.1) is 6.92 Å². The van der Waals surface area contributed by atoms with Gasteiger partial charge in [-0.25, -0.2) is 16.8 Å². The number of hydrogen-bond acceptors (Lipinski definition) is 5. The Morgan fingerprint density at radius 1 is 1.27 bits per heavy atom. The van der Waals surface area contributed by atoms with E-state index in [0.29, 0.717) is 18.4 Å². The number of rotatable bonds is 4. The van der Waals surface area contributed by atoms with E-state index in [2.05, 4.69) is 0 Å². The van der Waals surface area contributed by atoms with Gasteiger partial charge in [0.25, 0.3) is 0 Å². The molecular weight excluding hydrogens is 328 g/mol. The van der Waals surface area contributed by atoms with Crippen molar-refractivity contribution in [2.45, 2.75) is 35.6 Å². The number of carbonyl (C=O) groups is 1. The SMILES string of the molecule is Cc1ccc(S(C)(=O)=O)cc1S(=O)(=O)N1CCCC1C(N)=O. The van der Waals surface area contributed by atoms with Gasteiger partial charge in [-0.1, -0.05) is 6.07 Å². The Kier molecular flexibility index (Phi) is 4.33. The van der Waals surface area contributed by atoms with Crippen molar-refractivity contribution in [1.29, 1.82) is 0 Å². The number of aryl methyl sites for hydroxylation is 1. The maximum Gasteiger partial charge on any atom is 0.244 e. The highest BCUT2D eigenvalue weighted by molar-refractivity contribution is 7.91. The average Bonchev–Trinajstić information content (AvgIpc) is 2.87. The van der Waals surface area contributed by atoms with Crippen molar-refractivity contribution in [2.75, 3.05) is 12.8 Å². The lowest BCUT2D eigenvalue weighted by Gasteiger charge is -2.22. The molecule has 1 fully saturated rings. The monoisotopic (exact) mass is 346 g/mol. The van der Waals surface area contributed by atoms with Gasteiger partial charge in [-0.05, 0) is 37.5 Å². The predicted molar refractivity (Wildman–Crippen MR) is 80.4 cm³/mol. The van der Waals surface area contributed by atoms with E-state index in [1.165, 1.54) is 12.1 Å². The smallest absolute Gasteiger partial charge is 0.244 e. The fraction of sp³-hybridized carbons (Fsp3) is 0.462. The molecule has 0 radical (unpaired) electrons. The van der Waals surface area contributed by atoms with Gasteiger partial charge in [0.1, 0.15) is 6.04 Å². The summed E-state index contributed by atoms with van der Waals surface area (Å²) in [6.07, 6.45) is 1.92. The predicted octanol–water partition coefficient (Wildman–Crippen LogP) is 0.0369. The third-order valence-electron chi connectivity index (χ3n) is 3.71. The third-order valence-corrected chi connectivity index (χ3v) is 6.87. The van der Waals surface area contributed by atoms with Crippen LogP contribution in [0.2, 0.25) is 0 Å². The molecule has 9 heteroatoms. The number of sulfone groups is 1. The van der Waals surface area contributed by atoms with Crippen molar-refractivity contribution in [3.63, 3.8) is 0 Å². The van der Waals surface area contributed by atoms with Crippen molar-refractivity contribution in [3.05, 3.63) is 23.8 Å². The summed E-state index contributed by atoms with van der Waals surface area (Å²) in [6, 6.07) is 3.06. The second-order valence-electron chi connectivity index (χ2n) is 5.38. The topological polar surface area (TPSA) is 115 Å². The van der Waals surface area contributed by atoms with Gasteiger partial charge in [-0.2, -0.15) is 4.31 Å². The summed E-state index contributed by atoms with van der Waals surface area (Å²) in [7, 11) is -7.51. The highest BCUT2D eigenvalue weighted by Crippen LogP contribution is 2.29. The Labute approximate surface area is 130 Å². The first-order valence-corrected chi connectivity index (χ1v) is 10.00. The van der Waals surface area contributed by atoms with Crippen LogP contribution in [0.15, 0.2) is 28.0 Å². The second-order valence-corrected chi connectivity index (χ2v) is 9.25. The normalized spacial score (nSPS) is 20.2. The van der Waals surface area contributed by atoms with Crippen molar-refractivity contribution in [1.82, 2.24) is 4.31 Å². The van der Waals surface area contributed by atoms with Gasteiger partial charge in [-0.3, -0.25) is 4.79 Å². The zero-order chi connectivity index (χ0) is 16.7. The summed E-state index contributed by atoms with van der Waals surface area (Å²) >= 11 is 0. The molecule has 1 unspecified atom stereocenters. The molecule has 22 heavy (non-hydrogen) atoms. The molecule has 1 aromatic rings. The molecule has 1 aliphatic rings. The molecule has 1 amide bonds. The number of amides is 1. The maximum atomic E-state index is 12.8. The van der Waals surface area contributed by atoms with Crippen LogP contribution in [0.5, 0.6) is 0 Å². The molecular formula is C13H18N2O5S2. The summed E-state index contributed by atoms with van der Waals surface area (Å²) in [5, 5.41) is 0. The Bertz CT molecular complexity index is 815. The minimum absolute atomic E-state index is 0.0773. The number of nitrogens with two attached hydrogens (primary N) is 1. The summed E-state index contributed by atoms with van der Waals surface area (Å²) in [5.74, 6) is -0.696. The molecule has 7 nitrogen and oxygen atoms in total. The molecule has 0 aromatic heterocycles. The van der Waals surface area contributed by atoms with E-state index >= 15 is 0 Å². The van der Waals surface area contributed by atoms with Gasteiger partial charge in [0.2, 0.25) is 15.9 Å². The lowest BCUT2D eigenvalue weighted by Crippen LogP contribution is -2.43. The van der Waals surface area contributed by atoms with Gasteiger partial charge in [0.05, 0.1) is 9.79 Å². The molecule has 0 aliphatic carbocycles. The summed E-state index contributed by atoms with van der Waals surface area (Å²) in [6.45, 7) is 1.77. The molecule has 1 aliphatic heterocycles. The molecule has 1 heterocycles. The number of hydrogen-bond donors (Lipinski definition) is 1. The van der Waals surface area contributed by atoms with E-state index in [9.17, 15) is 21.6 Å². The Morgan fingerprint density at radius 3 is 2.45 bits per heavy atom. The highest BCUT2D eigenvalue weighted by Gasteiger charge is 2.39. The van der Waals surface area contributed by atoms with Crippen LogP contribution in [-0.4, -0.2) is 45.9 Å². The number of carbonyl (C=O) groups excluding carboxylic acids is 1. The average molecular weight is 346 g/mol. The molecule has 0 bridgehead atoms. The minimum Gasteiger partial charge on any atom is -0.368 e. The quantitative estimate of drug-likeness (QED) is 0.826. The fourth-order valence-electron chi connectivity index (χ4n) is 2.53. The molecule has 1 saturated heterocycles. The Hall–Kier alpha value is -1.45. The van der Waals surface area contributed by atoms with Gasteiger partial charge in [0, 0.05) is 12.8 Å². The maximum absolute atomic E-state index is 12.8. The molecule has 0 saturated carbocycles. The first kappa shape index (κ1) is 16.9. The van der Waals surface area contributed by atoms with Crippen LogP contribution in [0.1, 0.15) is 18.4 Å².